The third kappa shape index (κ3) is 6.03. The number of nitrogens with one attached hydrogen (secondary N) is 1. The number of carbonyl (C=O) groups is 2. The summed E-state index contributed by atoms with van der Waals surface area (Å²) < 4.78 is 0. The number of piperazine rings is 1. The molecule has 0 unspecified atom stereocenters. The first kappa shape index (κ1) is 23.2. The van der Waals surface area contributed by atoms with Crippen molar-refractivity contribution in [1.82, 2.24) is 15.1 Å². The molecule has 2 amide bonds. The quantitative estimate of drug-likeness (QED) is 0.505. The molecule has 1 aliphatic carbocycles. The van der Waals surface area contributed by atoms with Gasteiger partial charge in [-0.25, -0.2) is 0 Å². The van der Waals surface area contributed by atoms with Crippen molar-refractivity contribution < 1.29 is 14.5 Å². The highest BCUT2D eigenvalue weighted by Gasteiger charge is 2.37. The Morgan fingerprint density at radius 3 is 2.26 bits per heavy atom. The van der Waals surface area contributed by atoms with E-state index in [0.29, 0.717) is 50.1 Å². The third-order valence-electron chi connectivity index (χ3n) is 6.46. The van der Waals surface area contributed by atoms with E-state index in [-0.39, 0.29) is 23.5 Å². The van der Waals surface area contributed by atoms with Gasteiger partial charge in [0, 0.05) is 50.4 Å². The molecule has 1 atom stereocenters. The number of amides is 2. The van der Waals surface area contributed by atoms with E-state index in [1.807, 2.05) is 0 Å². The van der Waals surface area contributed by atoms with Gasteiger partial charge in [0.05, 0.1) is 11.0 Å². The summed E-state index contributed by atoms with van der Waals surface area (Å²) in [5.74, 6) is 0.950. The van der Waals surface area contributed by atoms with E-state index in [1.165, 1.54) is 37.1 Å². The Morgan fingerprint density at radius 2 is 1.71 bits per heavy atom. The topological polar surface area (TPSA) is 95.8 Å². The van der Waals surface area contributed by atoms with Crippen molar-refractivity contribution >= 4 is 17.5 Å². The predicted octanol–water partition coefficient (Wildman–Crippen LogP) is 3.07. The lowest BCUT2D eigenvalue weighted by Crippen LogP contribution is -2.58. The second kappa shape index (κ2) is 10.7. The van der Waals surface area contributed by atoms with Crippen LogP contribution in [0.2, 0.25) is 0 Å². The molecular formula is C23H34N4O4. The molecule has 1 saturated heterocycles. The van der Waals surface area contributed by atoms with E-state index in [4.69, 9.17) is 0 Å². The van der Waals surface area contributed by atoms with Gasteiger partial charge in [-0.2, -0.15) is 0 Å². The van der Waals surface area contributed by atoms with Crippen molar-refractivity contribution in [2.24, 2.45) is 11.8 Å². The number of nitro benzene ring substituents is 1. The van der Waals surface area contributed by atoms with Crippen molar-refractivity contribution in [3.05, 3.63) is 39.9 Å². The van der Waals surface area contributed by atoms with Crippen LogP contribution < -0.4 is 5.32 Å². The maximum Gasteiger partial charge on any atom is 0.269 e. The Balaban J connectivity index is 1.59. The average Bonchev–Trinajstić information content (AvgIpc) is 3.28. The largest absolute Gasteiger partial charge is 0.355 e. The fraction of sp³-hybridized carbons (Fsp3) is 0.652. The predicted molar refractivity (Wildman–Crippen MR) is 119 cm³/mol. The minimum absolute atomic E-state index is 0.0238. The molecule has 1 aliphatic heterocycles. The lowest BCUT2D eigenvalue weighted by atomic mass is 9.94. The molecule has 31 heavy (non-hydrogen) atoms. The monoisotopic (exact) mass is 430 g/mol. The number of rotatable bonds is 8. The molecule has 0 spiro atoms. The molecule has 0 radical (unpaired) electrons. The van der Waals surface area contributed by atoms with Crippen molar-refractivity contribution in [1.29, 1.82) is 0 Å². The second-order valence-corrected chi connectivity index (χ2v) is 9.10. The van der Waals surface area contributed by atoms with E-state index in [0.717, 1.165) is 19.3 Å². The van der Waals surface area contributed by atoms with Gasteiger partial charge in [-0.3, -0.25) is 24.6 Å². The highest BCUT2D eigenvalue weighted by Crippen LogP contribution is 2.31. The molecule has 1 saturated carbocycles. The Labute approximate surface area is 184 Å². The first-order valence-corrected chi connectivity index (χ1v) is 11.4. The van der Waals surface area contributed by atoms with Gasteiger partial charge >= 0.3 is 0 Å². The minimum Gasteiger partial charge on any atom is -0.355 e. The Kier molecular flexibility index (Phi) is 8.01. The summed E-state index contributed by atoms with van der Waals surface area (Å²) >= 11 is 0. The number of non-ortho nitro benzene ring substituents is 1. The number of carbonyl (C=O) groups excluding carboxylic acids is 2. The molecule has 1 heterocycles. The fourth-order valence-electron chi connectivity index (χ4n) is 4.65. The SMILES string of the molecule is CC(C)CCNC(=O)[C@@H](C1CCCC1)N1CCN(C(=O)c2ccc([N+](=O)[O-])cc2)CC1. The van der Waals surface area contributed by atoms with Gasteiger partial charge in [0.2, 0.25) is 5.91 Å². The maximum absolute atomic E-state index is 13.0. The summed E-state index contributed by atoms with van der Waals surface area (Å²) in [6.07, 6.45) is 5.51. The lowest BCUT2D eigenvalue weighted by Gasteiger charge is -2.40. The molecule has 1 N–H and O–H groups in total. The highest BCUT2D eigenvalue weighted by molar-refractivity contribution is 5.94. The first-order chi connectivity index (χ1) is 14.9. The van der Waals surface area contributed by atoms with Crippen LogP contribution in [0.15, 0.2) is 24.3 Å². The summed E-state index contributed by atoms with van der Waals surface area (Å²) in [5, 5.41) is 14.0. The molecule has 2 aliphatic rings. The summed E-state index contributed by atoms with van der Waals surface area (Å²) in [6.45, 7) is 7.45. The van der Waals surface area contributed by atoms with Crippen LogP contribution in [-0.4, -0.2) is 65.3 Å². The number of benzene rings is 1. The van der Waals surface area contributed by atoms with Crippen LogP contribution in [0.1, 0.15) is 56.3 Å². The second-order valence-electron chi connectivity index (χ2n) is 9.10. The maximum atomic E-state index is 13.0. The molecule has 0 aromatic heterocycles. The smallest absolute Gasteiger partial charge is 0.269 e. The van der Waals surface area contributed by atoms with Gasteiger partial charge < -0.3 is 10.2 Å². The van der Waals surface area contributed by atoms with Crippen LogP contribution >= 0.6 is 0 Å². The normalized spacial score (nSPS) is 18.9. The molecule has 8 heteroatoms. The zero-order valence-electron chi connectivity index (χ0n) is 18.6. The van der Waals surface area contributed by atoms with E-state index in [1.54, 1.807) is 4.90 Å². The van der Waals surface area contributed by atoms with Crippen LogP contribution in [0.5, 0.6) is 0 Å². The van der Waals surface area contributed by atoms with Gasteiger partial charge in [0.15, 0.2) is 0 Å². The molecule has 0 bridgehead atoms. The van der Waals surface area contributed by atoms with Gasteiger partial charge in [-0.05, 0) is 43.2 Å². The standard InChI is InChI=1S/C23H34N4O4/c1-17(2)11-12-24-22(28)21(18-5-3-4-6-18)25-13-15-26(16-14-25)23(29)19-7-9-20(10-8-19)27(30)31/h7-10,17-18,21H,3-6,11-16H2,1-2H3,(H,24,28)/t21-/m1/s1. The summed E-state index contributed by atoms with van der Waals surface area (Å²) in [7, 11) is 0. The van der Waals surface area contributed by atoms with Crippen molar-refractivity contribution in [3.8, 4) is 0 Å². The van der Waals surface area contributed by atoms with E-state index in [2.05, 4.69) is 24.1 Å². The molecule has 2 fully saturated rings. The molecular weight excluding hydrogens is 396 g/mol. The summed E-state index contributed by atoms with van der Waals surface area (Å²) in [6, 6.07) is 5.63. The highest BCUT2D eigenvalue weighted by atomic mass is 16.6. The van der Waals surface area contributed by atoms with Gasteiger partial charge in [-0.1, -0.05) is 26.7 Å². The molecule has 170 valence electrons. The zero-order valence-corrected chi connectivity index (χ0v) is 18.6. The molecule has 1 aromatic rings. The van der Waals surface area contributed by atoms with Crippen LogP contribution in [0, 0.1) is 22.0 Å². The van der Waals surface area contributed by atoms with E-state index < -0.39 is 4.92 Å². The van der Waals surface area contributed by atoms with Crippen LogP contribution in [0.4, 0.5) is 5.69 Å². The van der Waals surface area contributed by atoms with Crippen molar-refractivity contribution in [2.75, 3.05) is 32.7 Å². The van der Waals surface area contributed by atoms with Crippen molar-refractivity contribution in [3.63, 3.8) is 0 Å². The molecule has 3 rings (SSSR count). The molecule has 1 aromatic carbocycles. The lowest BCUT2D eigenvalue weighted by molar-refractivity contribution is -0.384. The van der Waals surface area contributed by atoms with Gasteiger partial charge in [0.1, 0.15) is 0 Å². The summed E-state index contributed by atoms with van der Waals surface area (Å²) in [5.41, 5.74) is 0.432. The fourth-order valence-corrected chi connectivity index (χ4v) is 4.65. The third-order valence-corrected chi connectivity index (χ3v) is 6.46. The van der Waals surface area contributed by atoms with Crippen LogP contribution in [-0.2, 0) is 4.79 Å². The zero-order chi connectivity index (χ0) is 22.4. The number of hydrogen-bond donors (Lipinski definition) is 1. The Hall–Kier alpha value is -2.48. The first-order valence-electron chi connectivity index (χ1n) is 11.4. The number of nitro groups is 1. The van der Waals surface area contributed by atoms with Gasteiger partial charge in [-0.15, -0.1) is 0 Å². The van der Waals surface area contributed by atoms with Crippen LogP contribution in [0.25, 0.3) is 0 Å². The number of nitrogens with zero attached hydrogens (tertiary/aromatic N) is 3. The minimum atomic E-state index is -0.470. The number of hydrogen-bond acceptors (Lipinski definition) is 5. The van der Waals surface area contributed by atoms with E-state index >= 15 is 0 Å². The molecule has 8 nitrogen and oxygen atoms in total. The van der Waals surface area contributed by atoms with Gasteiger partial charge in [0.25, 0.3) is 11.6 Å². The summed E-state index contributed by atoms with van der Waals surface area (Å²) in [4.78, 5) is 40.2. The van der Waals surface area contributed by atoms with E-state index in [9.17, 15) is 19.7 Å². The van der Waals surface area contributed by atoms with Crippen molar-refractivity contribution in [2.45, 2.75) is 52.0 Å². The van der Waals surface area contributed by atoms with Crippen LogP contribution in [0.3, 0.4) is 0 Å². The Morgan fingerprint density at radius 1 is 1.10 bits per heavy atom. The Bertz CT molecular complexity index is 766. The average molecular weight is 431 g/mol.